The normalized spacial score (nSPS) is 15.2. The summed E-state index contributed by atoms with van der Waals surface area (Å²) < 4.78 is 70.5. The predicted molar refractivity (Wildman–Crippen MR) is 110 cm³/mol. The topological polar surface area (TPSA) is 75.0 Å². The molecule has 0 radical (unpaired) electrons. The van der Waals surface area contributed by atoms with Gasteiger partial charge in [-0.15, -0.1) is 23.1 Å². The second-order valence-electron chi connectivity index (χ2n) is 7.08. The fraction of sp³-hybridized carbons (Fsp3) is 0.450. The second-order valence-corrected chi connectivity index (χ2v) is 9.44. The summed E-state index contributed by atoms with van der Waals surface area (Å²) in [5.41, 5.74) is 0.173. The summed E-state index contributed by atoms with van der Waals surface area (Å²) in [7, 11) is 1.01. The molecule has 3 rings (SSSR count). The van der Waals surface area contributed by atoms with Gasteiger partial charge < -0.3 is 10.1 Å². The van der Waals surface area contributed by atoms with E-state index in [1.165, 1.54) is 11.8 Å². The number of hydrogen-bond donors (Lipinski definition) is 1. The number of anilines is 1. The highest BCUT2D eigenvalue weighted by molar-refractivity contribution is 7.99. The quantitative estimate of drug-likeness (QED) is 0.283. The number of ether oxygens (including phenoxy) is 1. The van der Waals surface area contributed by atoms with Crippen molar-refractivity contribution in [3.63, 3.8) is 0 Å². The summed E-state index contributed by atoms with van der Waals surface area (Å²) in [6.45, 7) is 1.69. The van der Waals surface area contributed by atoms with Crippen LogP contribution in [0.5, 0.6) is 0 Å². The van der Waals surface area contributed by atoms with Crippen molar-refractivity contribution >= 4 is 34.9 Å². The molecule has 0 unspecified atom stereocenters. The number of methoxy groups -OCH3 is 1. The molecule has 0 aromatic carbocycles. The van der Waals surface area contributed by atoms with Crippen LogP contribution < -0.4 is 5.32 Å². The molecule has 0 bridgehead atoms. The van der Waals surface area contributed by atoms with Crippen molar-refractivity contribution in [2.24, 2.45) is 0 Å². The minimum atomic E-state index is -5.79. The molecule has 0 aliphatic heterocycles. The number of nitrogens with one attached hydrogen (secondary N) is 1. The lowest BCUT2D eigenvalue weighted by atomic mass is 10.00. The van der Waals surface area contributed by atoms with Crippen molar-refractivity contribution in [2.45, 2.75) is 48.7 Å². The Morgan fingerprint density at radius 2 is 2.03 bits per heavy atom. The number of esters is 1. The van der Waals surface area contributed by atoms with E-state index in [2.05, 4.69) is 21.1 Å². The largest absolute Gasteiger partial charge is 0.465 e. The van der Waals surface area contributed by atoms with Crippen LogP contribution in [-0.4, -0.2) is 30.0 Å². The lowest BCUT2D eigenvalue weighted by Crippen LogP contribution is -2.32. The van der Waals surface area contributed by atoms with E-state index in [9.17, 15) is 32.0 Å². The van der Waals surface area contributed by atoms with Crippen LogP contribution in [0.4, 0.5) is 27.8 Å². The highest BCUT2D eigenvalue weighted by Crippen LogP contribution is 2.49. The van der Waals surface area contributed by atoms with Crippen molar-refractivity contribution in [1.29, 1.82) is 5.26 Å². The maximum atomic E-state index is 13.8. The number of carbonyl (C=O) groups is 1. The van der Waals surface area contributed by atoms with Crippen molar-refractivity contribution < 1.29 is 31.5 Å². The van der Waals surface area contributed by atoms with Gasteiger partial charge in [0, 0.05) is 12.7 Å². The molecule has 1 saturated carbocycles. The van der Waals surface area contributed by atoms with Gasteiger partial charge in [0.2, 0.25) is 0 Å². The Labute approximate surface area is 189 Å². The number of carbonyl (C=O) groups excluding carboxylic acids is 1. The Kier molecular flexibility index (Phi) is 6.72. The molecule has 0 spiro atoms. The van der Waals surface area contributed by atoms with Crippen molar-refractivity contribution in [2.75, 3.05) is 18.2 Å². The number of nitrogens with zero attached hydrogens (tertiary/aromatic N) is 2. The van der Waals surface area contributed by atoms with Gasteiger partial charge in [0.15, 0.2) is 0 Å². The zero-order chi connectivity index (χ0) is 23.7. The summed E-state index contributed by atoms with van der Waals surface area (Å²) in [6, 6.07) is 4.78. The SMILES string of the molecule is CCSc1cc(C2(C#N)CC2)cnc1NCc1cc(C(F)(F)C(F)(F)F)sc1C(=O)OC. The van der Waals surface area contributed by atoms with Crippen LogP contribution >= 0.6 is 23.1 Å². The van der Waals surface area contributed by atoms with E-state index < -0.39 is 28.4 Å². The highest BCUT2D eigenvalue weighted by atomic mass is 32.2. The van der Waals surface area contributed by atoms with Gasteiger partial charge >= 0.3 is 18.1 Å². The minimum Gasteiger partial charge on any atom is -0.465 e. The van der Waals surface area contributed by atoms with Gasteiger partial charge in [0.25, 0.3) is 0 Å². The highest BCUT2D eigenvalue weighted by Gasteiger charge is 2.60. The number of nitriles is 1. The summed E-state index contributed by atoms with van der Waals surface area (Å²) in [4.78, 5) is 15.4. The number of thiophene rings is 1. The van der Waals surface area contributed by atoms with Crippen molar-refractivity contribution in [3.05, 3.63) is 39.2 Å². The van der Waals surface area contributed by atoms with Crippen LogP contribution in [0.15, 0.2) is 23.2 Å². The monoisotopic (exact) mass is 491 g/mol. The summed E-state index contributed by atoms with van der Waals surface area (Å²) in [6.07, 6.45) is -2.77. The molecule has 1 N–H and O–H groups in total. The second kappa shape index (κ2) is 8.86. The van der Waals surface area contributed by atoms with Crippen LogP contribution in [0.25, 0.3) is 0 Å². The number of pyridine rings is 1. The van der Waals surface area contributed by atoms with E-state index in [1.807, 2.05) is 13.0 Å². The van der Waals surface area contributed by atoms with Gasteiger partial charge in [-0.25, -0.2) is 9.78 Å². The molecule has 2 aromatic rings. The molecule has 1 fully saturated rings. The Morgan fingerprint density at radius 1 is 1.34 bits per heavy atom. The average Bonchev–Trinajstić information content (AvgIpc) is 3.43. The van der Waals surface area contributed by atoms with E-state index in [4.69, 9.17) is 0 Å². The Hall–Kier alpha value is -2.39. The van der Waals surface area contributed by atoms with Crippen LogP contribution in [0.2, 0.25) is 0 Å². The minimum absolute atomic E-state index is 0.0465. The van der Waals surface area contributed by atoms with Crippen LogP contribution in [-0.2, 0) is 22.6 Å². The van der Waals surface area contributed by atoms with E-state index in [-0.39, 0.29) is 28.3 Å². The molecular formula is C20H18F5N3O2S2. The fourth-order valence-electron chi connectivity index (χ4n) is 2.99. The third-order valence-corrected chi connectivity index (χ3v) is 7.10. The number of rotatable bonds is 8. The third kappa shape index (κ3) is 4.54. The van der Waals surface area contributed by atoms with E-state index in [0.717, 1.165) is 25.5 Å². The van der Waals surface area contributed by atoms with Gasteiger partial charge in [-0.1, -0.05) is 6.92 Å². The smallest absolute Gasteiger partial charge is 0.458 e. The van der Waals surface area contributed by atoms with Gasteiger partial charge in [-0.05, 0) is 41.9 Å². The van der Waals surface area contributed by atoms with Crippen molar-refractivity contribution in [3.8, 4) is 6.07 Å². The zero-order valence-electron chi connectivity index (χ0n) is 17.0. The maximum Gasteiger partial charge on any atom is 0.458 e. The van der Waals surface area contributed by atoms with Gasteiger partial charge in [-0.3, -0.25) is 0 Å². The standard InChI is InChI=1S/C20H18F5N3O2S2/c1-3-31-13-7-12(18(10-26)4-5-18)9-28-16(13)27-8-11-6-14(19(21,22)20(23,24)25)32-15(11)17(29)30-2/h6-7,9H,3-5,8H2,1-2H3,(H,27,28). The molecule has 1 aliphatic carbocycles. The predicted octanol–water partition coefficient (Wildman–Crippen LogP) is 5.86. The van der Waals surface area contributed by atoms with Gasteiger partial charge in [0.05, 0.1) is 28.4 Å². The number of thioether (sulfide) groups is 1. The lowest BCUT2D eigenvalue weighted by molar-refractivity contribution is -0.287. The van der Waals surface area contributed by atoms with E-state index in [1.54, 1.807) is 6.20 Å². The Bertz CT molecular complexity index is 1060. The number of alkyl halides is 5. The van der Waals surface area contributed by atoms with E-state index in [0.29, 0.717) is 22.5 Å². The first-order chi connectivity index (χ1) is 15.0. The molecule has 1 aliphatic rings. The molecule has 2 heterocycles. The first kappa shape index (κ1) is 24.3. The summed E-state index contributed by atoms with van der Waals surface area (Å²) >= 11 is 1.49. The number of hydrogen-bond acceptors (Lipinski definition) is 7. The zero-order valence-corrected chi connectivity index (χ0v) is 18.6. The molecule has 2 aromatic heterocycles. The lowest BCUT2D eigenvalue weighted by Gasteiger charge is -2.17. The molecule has 12 heteroatoms. The van der Waals surface area contributed by atoms with Gasteiger partial charge in [0.1, 0.15) is 10.7 Å². The van der Waals surface area contributed by atoms with Crippen molar-refractivity contribution in [1.82, 2.24) is 4.98 Å². The summed E-state index contributed by atoms with van der Waals surface area (Å²) in [5.74, 6) is -5.04. The van der Waals surface area contributed by atoms with E-state index >= 15 is 0 Å². The summed E-state index contributed by atoms with van der Waals surface area (Å²) in [5, 5.41) is 12.3. The van der Waals surface area contributed by atoms with Crippen LogP contribution in [0.1, 0.15) is 45.4 Å². The molecular weight excluding hydrogens is 473 g/mol. The third-order valence-electron chi connectivity index (χ3n) is 4.96. The molecule has 0 atom stereocenters. The molecule has 0 saturated heterocycles. The molecule has 5 nitrogen and oxygen atoms in total. The van der Waals surface area contributed by atoms with Gasteiger partial charge in [-0.2, -0.15) is 27.2 Å². The molecule has 172 valence electrons. The first-order valence-corrected chi connectivity index (χ1v) is 11.2. The maximum absolute atomic E-state index is 13.8. The molecule has 32 heavy (non-hydrogen) atoms. The van der Waals surface area contributed by atoms with Crippen LogP contribution in [0.3, 0.4) is 0 Å². The Morgan fingerprint density at radius 3 is 2.56 bits per heavy atom. The Balaban J connectivity index is 1.91. The first-order valence-electron chi connectivity index (χ1n) is 9.43. The number of halogens is 5. The molecule has 0 amide bonds. The fourth-order valence-corrected chi connectivity index (χ4v) is 4.87. The number of aromatic nitrogens is 1. The van der Waals surface area contributed by atoms with Crippen LogP contribution in [0, 0.1) is 11.3 Å². The average molecular weight is 492 g/mol.